The summed E-state index contributed by atoms with van der Waals surface area (Å²) in [7, 11) is 0. The molecule has 126 valence electrons. The van der Waals surface area contributed by atoms with E-state index >= 15 is 0 Å². The van der Waals surface area contributed by atoms with Gasteiger partial charge in [0.25, 0.3) is 0 Å². The van der Waals surface area contributed by atoms with E-state index in [2.05, 4.69) is 20.3 Å². The van der Waals surface area contributed by atoms with Crippen molar-refractivity contribution in [1.82, 2.24) is 29.9 Å². The van der Waals surface area contributed by atoms with E-state index in [4.69, 9.17) is 10.1 Å². The number of aromatic nitrogens is 5. The molecule has 7 nitrogen and oxygen atoms in total. The van der Waals surface area contributed by atoms with Crippen LogP contribution in [0.5, 0.6) is 0 Å². The van der Waals surface area contributed by atoms with Gasteiger partial charge in [-0.25, -0.2) is 9.50 Å². The highest BCUT2D eigenvalue weighted by Crippen LogP contribution is 2.25. The van der Waals surface area contributed by atoms with Crippen LogP contribution in [0, 0.1) is 0 Å². The molecule has 0 saturated carbocycles. The minimum Gasteiger partial charge on any atom is -0.368 e. The summed E-state index contributed by atoms with van der Waals surface area (Å²) in [4.78, 5) is 17.6. The van der Waals surface area contributed by atoms with Crippen LogP contribution in [0.4, 0.5) is 0 Å². The Morgan fingerprint density at radius 1 is 0.923 bits per heavy atom. The molecular weight excluding hydrogens is 326 g/mol. The lowest BCUT2D eigenvalue weighted by molar-refractivity contribution is 0.955. The standard InChI is InChI=1S/C19H15N7/c1-2-14(12-21-7-1)17-24-19-15(18-22-10-11-23-18)3-4-16(26(19)25-17)13-5-8-20-9-6-13/h1-9,12H,10-11H2,(H,22,23). The van der Waals surface area contributed by atoms with Gasteiger partial charge in [0.1, 0.15) is 5.84 Å². The minimum absolute atomic E-state index is 0.638. The first kappa shape index (κ1) is 14.7. The molecule has 0 radical (unpaired) electrons. The average Bonchev–Trinajstić information content (AvgIpc) is 3.39. The Morgan fingerprint density at radius 3 is 2.62 bits per heavy atom. The summed E-state index contributed by atoms with van der Waals surface area (Å²) in [5.74, 6) is 1.50. The van der Waals surface area contributed by atoms with Crippen molar-refractivity contribution < 1.29 is 0 Å². The Kier molecular flexibility index (Phi) is 3.41. The van der Waals surface area contributed by atoms with Crippen molar-refractivity contribution in [2.75, 3.05) is 13.1 Å². The number of nitrogens with zero attached hydrogens (tertiary/aromatic N) is 6. The minimum atomic E-state index is 0.638. The lowest BCUT2D eigenvalue weighted by Crippen LogP contribution is -2.20. The van der Waals surface area contributed by atoms with Crippen molar-refractivity contribution in [2.24, 2.45) is 4.99 Å². The van der Waals surface area contributed by atoms with Gasteiger partial charge < -0.3 is 5.32 Å². The van der Waals surface area contributed by atoms with Gasteiger partial charge in [-0.3, -0.25) is 15.0 Å². The van der Waals surface area contributed by atoms with Crippen LogP contribution in [0.2, 0.25) is 0 Å². The number of hydrogen-bond acceptors (Lipinski definition) is 6. The zero-order valence-corrected chi connectivity index (χ0v) is 13.9. The number of hydrogen-bond donors (Lipinski definition) is 1. The maximum absolute atomic E-state index is 4.79. The van der Waals surface area contributed by atoms with Crippen LogP contribution in [-0.4, -0.2) is 43.5 Å². The van der Waals surface area contributed by atoms with E-state index in [1.165, 1.54) is 0 Å². The largest absolute Gasteiger partial charge is 0.368 e. The van der Waals surface area contributed by atoms with E-state index in [9.17, 15) is 0 Å². The zero-order chi connectivity index (χ0) is 17.3. The molecule has 4 aromatic heterocycles. The van der Waals surface area contributed by atoms with Crippen molar-refractivity contribution in [2.45, 2.75) is 0 Å². The van der Waals surface area contributed by atoms with Crippen LogP contribution in [0.25, 0.3) is 28.3 Å². The number of amidine groups is 1. The van der Waals surface area contributed by atoms with E-state index in [1.54, 1.807) is 24.8 Å². The SMILES string of the molecule is c1cncc(-c2nc3c(C4=NCCN4)ccc(-c4ccncc4)n3n2)c1. The molecular formula is C19H15N7. The van der Waals surface area contributed by atoms with Gasteiger partial charge in [0.05, 0.1) is 17.8 Å². The molecule has 0 unspecified atom stereocenters. The second-order valence-electron chi connectivity index (χ2n) is 5.94. The molecule has 0 fully saturated rings. The van der Waals surface area contributed by atoms with E-state index in [0.29, 0.717) is 5.82 Å². The van der Waals surface area contributed by atoms with Crippen molar-refractivity contribution in [1.29, 1.82) is 0 Å². The third-order valence-corrected chi connectivity index (χ3v) is 4.31. The summed E-state index contributed by atoms with van der Waals surface area (Å²) in [5, 5.41) is 8.07. The summed E-state index contributed by atoms with van der Waals surface area (Å²) < 4.78 is 1.87. The zero-order valence-electron chi connectivity index (χ0n) is 13.9. The quantitative estimate of drug-likeness (QED) is 0.618. The number of aliphatic imine (C=N–C) groups is 1. The first-order chi connectivity index (χ1) is 12.9. The Morgan fingerprint density at radius 2 is 1.85 bits per heavy atom. The predicted octanol–water partition coefficient (Wildman–Crippen LogP) is 2.20. The van der Waals surface area contributed by atoms with Crippen molar-refractivity contribution in [3.05, 3.63) is 66.7 Å². The molecule has 26 heavy (non-hydrogen) atoms. The highest BCUT2D eigenvalue weighted by Gasteiger charge is 2.18. The van der Waals surface area contributed by atoms with Gasteiger partial charge in [-0.15, -0.1) is 5.10 Å². The Hall–Kier alpha value is -3.61. The topological polar surface area (TPSA) is 80.4 Å². The van der Waals surface area contributed by atoms with E-state index in [0.717, 1.165) is 47.0 Å². The molecule has 0 spiro atoms. The predicted molar refractivity (Wildman–Crippen MR) is 98.9 cm³/mol. The fourth-order valence-corrected chi connectivity index (χ4v) is 3.08. The van der Waals surface area contributed by atoms with Gasteiger partial charge in [0.2, 0.25) is 0 Å². The second kappa shape index (κ2) is 6.03. The van der Waals surface area contributed by atoms with Gasteiger partial charge in [0, 0.05) is 42.5 Å². The fourth-order valence-electron chi connectivity index (χ4n) is 3.08. The average molecular weight is 341 g/mol. The molecule has 0 bridgehead atoms. The van der Waals surface area contributed by atoms with Gasteiger partial charge >= 0.3 is 0 Å². The van der Waals surface area contributed by atoms with Crippen molar-refractivity contribution >= 4 is 11.5 Å². The first-order valence-electron chi connectivity index (χ1n) is 8.39. The van der Waals surface area contributed by atoms with Crippen LogP contribution in [0.1, 0.15) is 5.56 Å². The second-order valence-corrected chi connectivity index (χ2v) is 5.94. The molecule has 1 aliphatic rings. The third-order valence-electron chi connectivity index (χ3n) is 4.31. The monoisotopic (exact) mass is 341 g/mol. The number of rotatable bonds is 3. The van der Waals surface area contributed by atoms with E-state index < -0.39 is 0 Å². The molecule has 0 amide bonds. The van der Waals surface area contributed by atoms with Crippen LogP contribution in [0.15, 0.2) is 66.2 Å². The van der Waals surface area contributed by atoms with Crippen LogP contribution < -0.4 is 5.32 Å². The maximum Gasteiger partial charge on any atom is 0.183 e. The van der Waals surface area contributed by atoms with Crippen LogP contribution >= 0.6 is 0 Å². The van der Waals surface area contributed by atoms with E-state index in [-0.39, 0.29) is 0 Å². The molecule has 7 heteroatoms. The Balaban J connectivity index is 1.77. The summed E-state index contributed by atoms with van der Waals surface area (Å²) in [6.45, 7) is 1.62. The first-order valence-corrected chi connectivity index (χ1v) is 8.39. The molecule has 5 rings (SSSR count). The van der Waals surface area contributed by atoms with Crippen molar-refractivity contribution in [3.63, 3.8) is 0 Å². The summed E-state index contributed by atoms with van der Waals surface area (Å²) in [6.07, 6.45) is 7.06. The van der Waals surface area contributed by atoms with Gasteiger partial charge in [0.15, 0.2) is 11.5 Å². The van der Waals surface area contributed by atoms with Crippen molar-refractivity contribution in [3.8, 4) is 22.6 Å². The number of nitrogens with one attached hydrogen (secondary N) is 1. The molecule has 5 heterocycles. The summed E-state index contributed by atoms with van der Waals surface area (Å²) in [6, 6.07) is 11.9. The molecule has 0 atom stereocenters. The Bertz CT molecular complexity index is 1100. The summed E-state index contributed by atoms with van der Waals surface area (Å²) >= 11 is 0. The molecule has 1 N–H and O–H groups in total. The fraction of sp³-hybridized carbons (Fsp3) is 0.105. The maximum atomic E-state index is 4.79. The third kappa shape index (κ3) is 2.41. The van der Waals surface area contributed by atoms with Gasteiger partial charge in [-0.2, -0.15) is 0 Å². The smallest absolute Gasteiger partial charge is 0.183 e. The van der Waals surface area contributed by atoms with Crippen LogP contribution in [0.3, 0.4) is 0 Å². The number of fused-ring (bicyclic) bond motifs is 1. The van der Waals surface area contributed by atoms with Gasteiger partial charge in [-0.1, -0.05) is 0 Å². The Labute approximate surface area is 149 Å². The number of pyridine rings is 3. The highest BCUT2D eigenvalue weighted by molar-refractivity contribution is 6.05. The molecule has 0 aromatic carbocycles. The normalized spacial score (nSPS) is 13.6. The molecule has 0 saturated heterocycles. The lowest BCUT2D eigenvalue weighted by Gasteiger charge is -2.08. The molecule has 0 aliphatic carbocycles. The van der Waals surface area contributed by atoms with Gasteiger partial charge in [-0.05, 0) is 36.4 Å². The molecule has 4 aromatic rings. The highest BCUT2D eigenvalue weighted by atomic mass is 15.3. The lowest BCUT2D eigenvalue weighted by atomic mass is 10.1. The van der Waals surface area contributed by atoms with Crippen LogP contribution in [-0.2, 0) is 0 Å². The summed E-state index contributed by atoms with van der Waals surface area (Å²) in [5.41, 5.74) is 4.58. The van der Waals surface area contributed by atoms with E-state index in [1.807, 2.05) is 40.9 Å². The molecule has 1 aliphatic heterocycles.